The average molecular weight is 219 g/mol. The zero-order valence-corrected chi connectivity index (χ0v) is 8.68. The molecular formula is C11H13N3O2. The van der Waals surface area contributed by atoms with Gasteiger partial charge >= 0.3 is 5.97 Å². The van der Waals surface area contributed by atoms with Gasteiger partial charge in [-0.05, 0) is 24.1 Å². The number of nitrogens with zero attached hydrogens (tertiary/aromatic N) is 1. The molecule has 2 rings (SSSR count). The summed E-state index contributed by atoms with van der Waals surface area (Å²) in [5.41, 5.74) is 8.64. The van der Waals surface area contributed by atoms with Crippen LogP contribution in [0.1, 0.15) is 24.4 Å². The van der Waals surface area contributed by atoms with Crippen molar-refractivity contribution in [2.24, 2.45) is 5.73 Å². The smallest absolute Gasteiger partial charge is 0.303 e. The first kappa shape index (κ1) is 10.6. The lowest BCUT2D eigenvalue weighted by molar-refractivity contribution is -0.137. The number of nitrogens with two attached hydrogens (primary N) is 1. The van der Waals surface area contributed by atoms with Gasteiger partial charge in [0, 0.05) is 12.5 Å². The molecule has 0 saturated heterocycles. The van der Waals surface area contributed by atoms with Gasteiger partial charge in [-0.3, -0.25) is 4.79 Å². The zero-order chi connectivity index (χ0) is 11.5. The molecule has 2 aromatic rings. The number of rotatable bonds is 4. The van der Waals surface area contributed by atoms with Crippen LogP contribution in [0.4, 0.5) is 0 Å². The van der Waals surface area contributed by atoms with Crippen molar-refractivity contribution in [2.45, 2.75) is 18.9 Å². The summed E-state index contributed by atoms with van der Waals surface area (Å²) >= 11 is 0. The molecule has 5 nitrogen and oxygen atoms in total. The van der Waals surface area contributed by atoms with Gasteiger partial charge in [-0.25, -0.2) is 4.98 Å². The number of carboxylic acids is 1. The zero-order valence-electron chi connectivity index (χ0n) is 8.68. The Hall–Kier alpha value is -1.88. The molecule has 1 aromatic carbocycles. The van der Waals surface area contributed by atoms with Crippen LogP contribution in [0.5, 0.6) is 0 Å². The molecule has 0 aliphatic rings. The number of aromatic amines is 1. The van der Waals surface area contributed by atoms with E-state index in [9.17, 15) is 4.79 Å². The monoisotopic (exact) mass is 219 g/mol. The fourth-order valence-electron chi connectivity index (χ4n) is 1.63. The minimum absolute atomic E-state index is 0.0855. The lowest BCUT2D eigenvalue weighted by Gasteiger charge is -2.10. The van der Waals surface area contributed by atoms with Gasteiger partial charge in [-0.1, -0.05) is 6.07 Å². The molecule has 16 heavy (non-hydrogen) atoms. The highest BCUT2D eigenvalue weighted by Gasteiger charge is 2.09. The third-order valence-corrected chi connectivity index (χ3v) is 2.54. The van der Waals surface area contributed by atoms with Gasteiger partial charge < -0.3 is 15.8 Å². The Bertz CT molecular complexity index is 507. The van der Waals surface area contributed by atoms with E-state index in [1.54, 1.807) is 6.33 Å². The van der Waals surface area contributed by atoms with Gasteiger partial charge in [-0.2, -0.15) is 0 Å². The van der Waals surface area contributed by atoms with Crippen molar-refractivity contribution in [3.8, 4) is 0 Å². The third-order valence-electron chi connectivity index (χ3n) is 2.54. The highest BCUT2D eigenvalue weighted by Crippen LogP contribution is 2.19. The van der Waals surface area contributed by atoms with Gasteiger partial charge in [0.25, 0.3) is 0 Å². The second-order valence-corrected chi connectivity index (χ2v) is 3.72. The van der Waals surface area contributed by atoms with E-state index >= 15 is 0 Å². The molecule has 0 saturated carbocycles. The van der Waals surface area contributed by atoms with Crippen molar-refractivity contribution in [1.82, 2.24) is 9.97 Å². The Morgan fingerprint density at radius 2 is 2.38 bits per heavy atom. The van der Waals surface area contributed by atoms with Crippen molar-refractivity contribution in [3.63, 3.8) is 0 Å². The van der Waals surface area contributed by atoms with E-state index in [0.29, 0.717) is 6.42 Å². The molecule has 1 aromatic heterocycles. The molecule has 1 heterocycles. The van der Waals surface area contributed by atoms with E-state index in [1.165, 1.54) is 0 Å². The number of aromatic nitrogens is 2. The van der Waals surface area contributed by atoms with E-state index in [1.807, 2.05) is 18.2 Å². The number of nitrogens with one attached hydrogen (secondary N) is 1. The molecule has 5 heteroatoms. The van der Waals surface area contributed by atoms with Crippen molar-refractivity contribution in [3.05, 3.63) is 30.1 Å². The summed E-state index contributed by atoms with van der Waals surface area (Å²) < 4.78 is 0. The minimum atomic E-state index is -0.821. The Morgan fingerprint density at radius 1 is 1.56 bits per heavy atom. The molecule has 1 atom stereocenters. The first-order valence-corrected chi connectivity index (χ1v) is 5.07. The maximum absolute atomic E-state index is 10.4. The van der Waals surface area contributed by atoms with Crippen LogP contribution in [0.15, 0.2) is 24.5 Å². The summed E-state index contributed by atoms with van der Waals surface area (Å²) in [5.74, 6) is -0.821. The van der Waals surface area contributed by atoms with Crippen molar-refractivity contribution in [2.75, 3.05) is 0 Å². The number of hydrogen-bond acceptors (Lipinski definition) is 3. The Kier molecular flexibility index (Phi) is 2.87. The number of benzene rings is 1. The molecule has 84 valence electrons. The molecule has 4 N–H and O–H groups in total. The van der Waals surface area contributed by atoms with Gasteiger partial charge in [0.15, 0.2) is 0 Å². The van der Waals surface area contributed by atoms with Crippen LogP contribution in [0.25, 0.3) is 11.0 Å². The van der Waals surface area contributed by atoms with Gasteiger partial charge in [0.05, 0.1) is 17.4 Å². The molecule has 0 amide bonds. The van der Waals surface area contributed by atoms with Crippen molar-refractivity contribution in [1.29, 1.82) is 0 Å². The molecule has 0 aliphatic carbocycles. The molecule has 0 spiro atoms. The molecule has 0 bridgehead atoms. The number of H-pyrrole nitrogens is 1. The van der Waals surface area contributed by atoms with Crippen LogP contribution in [-0.2, 0) is 4.79 Å². The van der Waals surface area contributed by atoms with Crippen LogP contribution in [0.3, 0.4) is 0 Å². The van der Waals surface area contributed by atoms with E-state index < -0.39 is 5.97 Å². The second-order valence-electron chi connectivity index (χ2n) is 3.72. The number of imidazole rings is 1. The van der Waals surface area contributed by atoms with E-state index in [-0.39, 0.29) is 12.5 Å². The Labute approximate surface area is 92.3 Å². The van der Waals surface area contributed by atoms with Gasteiger partial charge in [0.2, 0.25) is 0 Å². The van der Waals surface area contributed by atoms with Crippen LogP contribution in [0.2, 0.25) is 0 Å². The van der Waals surface area contributed by atoms with Crippen LogP contribution < -0.4 is 5.73 Å². The predicted molar refractivity (Wildman–Crippen MR) is 59.9 cm³/mol. The Balaban J connectivity index is 2.15. The molecule has 0 aliphatic heterocycles. The predicted octanol–water partition coefficient (Wildman–Crippen LogP) is 1.43. The third kappa shape index (κ3) is 2.20. The summed E-state index contributed by atoms with van der Waals surface area (Å²) in [4.78, 5) is 17.5. The van der Waals surface area contributed by atoms with Crippen molar-refractivity contribution < 1.29 is 9.90 Å². The Morgan fingerprint density at radius 3 is 3.12 bits per heavy atom. The topological polar surface area (TPSA) is 92.0 Å². The highest BCUT2D eigenvalue weighted by molar-refractivity contribution is 5.75. The number of carbonyl (C=O) groups is 1. The average Bonchev–Trinajstić information content (AvgIpc) is 2.72. The molecule has 0 fully saturated rings. The van der Waals surface area contributed by atoms with Crippen LogP contribution in [0, 0.1) is 0 Å². The first-order chi connectivity index (χ1) is 7.66. The minimum Gasteiger partial charge on any atom is -0.481 e. The number of carboxylic acid groups (broad SMARTS) is 1. The maximum atomic E-state index is 10.4. The quantitative estimate of drug-likeness (QED) is 0.725. The van der Waals surface area contributed by atoms with Gasteiger partial charge in [0.1, 0.15) is 0 Å². The number of fused-ring (bicyclic) bond motifs is 1. The second kappa shape index (κ2) is 4.32. The summed E-state index contributed by atoms with van der Waals surface area (Å²) in [5, 5.41) is 8.58. The van der Waals surface area contributed by atoms with E-state index in [2.05, 4.69) is 9.97 Å². The first-order valence-electron chi connectivity index (χ1n) is 5.07. The van der Waals surface area contributed by atoms with Gasteiger partial charge in [-0.15, -0.1) is 0 Å². The summed E-state index contributed by atoms with van der Waals surface area (Å²) in [6.45, 7) is 0. The van der Waals surface area contributed by atoms with Crippen LogP contribution >= 0.6 is 0 Å². The highest BCUT2D eigenvalue weighted by atomic mass is 16.4. The summed E-state index contributed by atoms with van der Waals surface area (Å²) in [6.07, 6.45) is 2.15. The SMILES string of the molecule is NC(CCC(=O)O)c1ccc2nc[nH]c2c1. The lowest BCUT2D eigenvalue weighted by atomic mass is 10.0. The fourth-order valence-corrected chi connectivity index (χ4v) is 1.63. The fraction of sp³-hybridized carbons (Fsp3) is 0.273. The van der Waals surface area contributed by atoms with E-state index in [4.69, 9.17) is 10.8 Å². The molecule has 1 unspecified atom stereocenters. The normalized spacial score (nSPS) is 12.8. The number of hydrogen-bond donors (Lipinski definition) is 3. The standard InChI is InChI=1S/C11H13N3O2/c12-8(2-4-11(15)16)7-1-3-9-10(5-7)14-6-13-9/h1,3,5-6,8H,2,4,12H2,(H,13,14)(H,15,16). The number of aliphatic carboxylic acids is 1. The maximum Gasteiger partial charge on any atom is 0.303 e. The summed E-state index contributed by atoms with van der Waals surface area (Å²) in [7, 11) is 0. The molecule has 0 radical (unpaired) electrons. The summed E-state index contributed by atoms with van der Waals surface area (Å²) in [6, 6.07) is 5.43. The van der Waals surface area contributed by atoms with Crippen LogP contribution in [-0.4, -0.2) is 21.0 Å². The largest absolute Gasteiger partial charge is 0.481 e. The molecular weight excluding hydrogens is 206 g/mol. The lowest BCUT2D eigenvalue weighted by Crippen LogP contribution is -2.12. The van der Waals surface area contributed by atoms with E-state index in [0.717, 1.165) is 16.6 Å². The van der Waals surface area contributed by atoms with Crippen molar-refractivity contribution >= 4 is 17.0 Å².